The molecule has 0 heterocycles. The van der Waals surface area contributed by atoms with Crippen molar-refractivity contribution in [1.29, 1.82) is 0 Å². The van der Waals surface area contributed by atoms with E-state index in [1.54, 1.807) is 0 Å². The highest BCUT2D eigenvalue weighted by Crippen LogP contribution is 2.59. The molecule has 1 nitrogen and oxygen atoms in total. The normalized spacial score (nSPS) is 39.6. The Labute approximate surface area is 116 Å². The molecule has 3 fully saturated rings. The fourth-order valence-corrected chi connectivity index (χ4v) is 5.41. The Balaban J connectivity index is 1.52. The Hall–Kier alpha value is -0.980. The Morgan fingerprint density at radius 3 is 2.68 bits per heavy atom. The number of benzene rings is 1. The molecule has 1 aromatic rings. The van der Waals surface area contributed by atoms with Gasteiger partial charge in [0.15, 0.2) is 0 Å². The van der Waals surface area contributed by atoms with Crippen molar-refractivity contribution in [2.24, 2.45) is 23.7 Å². The summed E-state index contributed by atoms with van der Waals surface area (Å²) in [5, 5.41) is 3.88. The lowest BCUT2D eigenvalue weighted by Gasteiger charge is -2.33. The summed E-state index contributed by atoms with van der Waals surface area (Å²) in [6, 6.07) is 7.57. The van der Waals surface area contributed by atoms with Crippen molar-refractivity contribution in [2.45, 2.75) is 52.0 Å². The van der Waals surface area contributed by atoms with E-state index in [1.807, 2.05) is 0 Å². The van der Waals surface area contributed by atoms with E-state index < -0.39 is 0 Å². The molecule has 0 radical (unpaired) electrons. The maximum absolute atomic E-state index is 3.88. The highest BCUT2D eigenvalue weighted by Gasteiger charge is 2.53. The first-order chi connectivity index (χ1) is 9.22. The Kier molecular flexibility index (Phi) is 2.65. The van der Waals surface area contributed by atoms with Gasteiger partial charge in [-0.25, -0.2) is 0 Å². The van der Waals surface area contributed by atoms with Gasteiger partial charge in [-0.2, -0.15) is 0 Å². The molecular formula is C18H25N. The van der Waals surface area contributed by atoms with Gasteiger partial charge in [0.2, 0.25) is 0 Å². The van der Waals surface area contributed by atoms with Gasteiger partial charge in [0, 0.05) is 11.7 Å². The van der Waals surface area contributed by atoms with Gasteiger partial charge in [-0.05, 0) is 74.8 Å². The number of nitrogens with one attached hydrogen (secondary N) is 1. The minimum atomic E-state index is 0.755. The predicted octanol–water partition coefficient (Wildman–Crippen LogP) is 4.54. The molecule has 2 bridgehead atoms. The molecule has 5 unspecified atom stereocenters. The minimum Gasteiger partial charge on any atom is -0.382 e. The van der Waals surface area contributed by atoms with Gasteiger partial charge in [-0.15, -0.1) is 0 Å². The van der Waals surface area contributed by atoms with E-state index in [2.05, 4.69) is 37.4 Å². The van der Waals surface area contributed by atoms with E-state index in [4.69, 9.17) is 0 Å². The summed E-state index contributed by atoms with van der Waals surface area (Å²) in [5.74, 6) is 4.17. The van der Waals surface area contributed by atoms with Crippen LogP contribution in [0.2, 0.25) is 0 Å². The average molecular weight is 255 g/mol. The van der Waals surface area contributed by atoms with Crippen molar-refractivity contribution in [3.8, 4) is 0 Å². The molecule has 0 saturated heterocycles. The monoisotopic (exact) mass is 255 g/mol. The van der Waals surface area contributed by atoms with Crippen molar-refractivity contribution in [3.05, 3.63) is 29.3 Å². The molecule has 3 aliphatic rings. The van der Waals surface area contributed by atoms with Crippen molar-refractivity contribution >= 4 is 5.69 Å². The van der Waals surface area contributed by atoms with Gasteiger partial charge in [0.1, 0.15) is 0 Å². The standard InChI is InChI=1S/C18H25N/c1-11-6-7-17(12(2)8-11)19-18-10-13-9-16(18)15-5-3-4-14(13)15/h6-8,13-16,18-19H,3-5,9-10H2,1-2H3. The zero-order valence-electron chi connectivity index (χ0n) is 12.2. The fourth-order valence-electron chi connectivity index (χ4n) is 5.41. The summed E-state index contributed by atoms with van der Waals surface area (Å²) >= 11 is 0. The summed E-state index contributed by atoms with van der Waals surface area (Å²) in [7, 11) is 0. The molecule has 0 aromatic heterocycles. The third-order valence-corrected chi connectivity index (χ3v) is 6.15. The number of aryl methyl sites for hydroxylation is 2. The van der Waals surface area contributed by atoms with Crippen LogP contribution in [0.25, 0.3) is 0 Å². The summed E-state index contributed by atoms with van der Waals surface area (Å²) in [5.41, 5.74) is 4.15. The van der Waals surface area contributed by atoms with Crippen LogP contribution in [0.15, 0.2) is 18.2 Å². The van der Waals surface area contributed by atoms with Crippen molar-refractivity contribution in [3.63, 3.8) is 0 Å². The third kappa shape index (κ3) is 1.81. The maximum Gasteiger partial charge on any atom is 0.0372 e. The summed E-state index contributed by atoms with van der Waals surface area (Å²) in [6.07, 6.45) is 7.48. The van der Waals surface area contributed by atoms with E-state index in [0.717, 1.165) is 29.7 Å². The second-order valence-corrected chi connectivity index (χ2v) is 7.22. The molecule has 3 saturated carbocycles. The van der Waals surface area contributed by atoms with Crippen LogP contribution in [0.5, 0.6) is 0 Å². The predicted molar refractivity (Wildman–Crippen MR) is 80.4 cm³/mol. The first-order valence-corrected chi connectivity index (χ1v) is 8.06. The van der Waals surface area contributed by atoms with E-state index in [0.29, 0.717) is 0 Å². The first-order valence-electron chi connectivity index (χ1n) is 8.06. The van der Waals surface area contributed by atoms with Crippen LogP contribution < -0.4 is 5.32 Å². The lowest BCUT2D eigenvalue weighted by molar-refractivity contribution is 0.243. The van der Waals surface area contributed by atoms with Crippen molar-refractivity contribution in [1.82, 2.24) is 0 Å². The van der Waals surface area contributed by atoms with Crippen LogP contribution in [0.1, 0.15) is 43.2 Å². The number of anilines is 1. The van der Waals surface area contributed by atoms with Crippen LogP contribution in [0, 0.1) is 37.5 Å². The molecule has 1 N–H and O–H groups in total. The van der Waals surface area contributed by atoms with Gasteiger partial charge >= 0.3 is 0 Å². The second-order valence-electron chi connectivity index (χ2n) is 7.22. The molecular weight excluding hydrogens is 230 g/mol. The summed E-state index contributed by atoms with van der Waals surface area (Å²) in [6.45, 7) is 4.42. The van der Waals surface area contributed by atoms with Crippen LogP contribution in [0.3, 0.4) is 0 Å². The van der Waals surface area contributed by atoms with Crippen LogP contribution in [0.4, 0.5) is 5.69 Å². The summed E-state index contributed by atoms with van der Waals surface area (Å²) in [4.78, 5) is 0. The van der Waals surface area contributed by atoms with Crippen LogP contribution in [-0.2, 0) is 0 Å². The van der Waals surface area contributed by atoms with E-state index >= 15 is 0 Å². The SMILES string of the molecule is Cc1ccc(NC2CC3CC2C2CCCC32)c(C)c1. The maximum atomic E-state index is 3.88. The van der Waals surface area contributed by atoms with Crippen molar-refractivity contribution in [2.75, 3.05) is 5.32 Å². The quantitative estimate of drug-likeness (QED) is 0.818. The molecule has 19 heavy (non-hydrogen) atoms. The largest absolute Gasteiger partial charge is 0.382 e. The Morgan fingerprint density at radius 2 is 1.84 bits per heavy atom. The average Bonchev–Trinajstić information content (AvgIpc) is 3.04. The molecule has 4 rings (SSSR count). The van der Waals surface area contributed by atoms with Gasteiger partial charge in [0.05, 0.1) is 0 Å². The highest BCUT2D eigenvalue weighted by atomic mass is 15.0. The van der Waals surface area contributed by atoms with E-state index in [-0.39, 0.29) is 0 Å². The highest BCUT2D eigenvalue weighted by molar-refractivity contribution is 5.53. The molecule has 5 atom stereocenters. The molecule has 1 aromatic carbocycles. The van der Waals surface area contributed by atoms with E-state index in [1.165, 1.54) is 48.9 Å². The molecule has 0 amide bonds. The number of hydrogen-bond acceptors (Lipinski definition) is 1. The first kappa shape index (κ1) is 11.8. The molecule has 0 spiro atoms. The van der Waals surface area contributed by atoms with Gasteiger partial charge < -0.3 is 5.32 Å². The van der Waals surface area contributed by atoms with Gasteiger partial charge in [0.25, 0.3) is 0 Å². The molecule has 0 aliphatic heterocycles. The third-order valence-electron chi connectivity index (χ3n) is 6.15. The lowest BCUT2D eigenvalue weighted by atomic mass is 9.79. The topological polar surface area (TPSA) is 12.0 Å². The number of rotatable bonds is 2. The minimum absolute atomic E-state index is 0.755. The molecule has 1 heteroatoms. The Bertz CT molecular complexity index is 492. The van der Waals surface area contributed by atoms with Crippen LogP contribution >= 0.6 is 0 Å². The van der Waals surface area contributed by atoms with Gasteiger partial charge in [-0.1, -0.05) is 24.1 Å². The number of fused-ring (bicyclic) bond motifs is 5. The second kappa shape index (κ2) is 4.26. The zero-order valence-corrected chi connectivity index (χ0v) is 12.2. The Morgan fingerprint density at radius 1 is 1.00 bits per heavy atom. The zero-order chi connectivity index (χ0) is 13.0. The number of hydrogen-bond donors (Lipinski definition) is 1. The van der Waals surface area contributed by atoms with Gasteiger partial charge in [-0.3, -0.25) is 0 Å². The van der Waals surface area contributed by atoms with Crippen molar-refractivity contribution < 1.29 is 0 Å². The van der Waals surface area contributed by atoms with Crippen LogP contribution in [-0.4, -0.2) is 6.04 Å². The summed E-state index contributed by atoms with van der Waals surface area (Å²) < 4.78 is 0. The van der Waals surface area contributed by atoms with E-state index in [9.17, 15) is 0 Å². The molecule has 102 valence electrons. The lowest BCUT2D eigenvalue weighted by Crippen LogP contribution is -2.34. The fraction of sp³-hybridized carbons (Fsp3) is 0.667. The molecule has 3 aliphatic carbocycles. The smallest absolute Gasteiger partial charge is 0.0372 e.